The lowest BCUT2D eigenvalue weighted by molar-refractivity contribution is -0.136. The van der Waals surface area contributed by atoms with Crippen LogP contribution in [0.1, 0.15) is 63.9 Å². The van der Waals surface area contributed by atoms with Gasteiger partial charge >= 0.3 is 5.97 Å². The van der Waals surface area contributed by atoms with Gasteiger partial charge in [0, 0.05) is 9.47 Å². The third-order valence-corrected chi connectivity index (χ3v) is 3.84. The Balaban J connectivity index is 2.12. The highest BCUT2D eigenvalue weighted by molar-refractivity contribution is 7.09. The van der Waals surface area contributed by atoms with Gasteiger partial charge in [0.15, 0.2) is 0 Å². The summed E-state index contributed by atoms with van der Waals surface area (Å²) in [5.41, 5.74) is 1.30. The van der Waals surface area contributed by atoms with Crippen molar-refractivity contribution in [1.82, 2.24) is 0 Å². The van der Waals surface area contributed by atoms with E-state index in [1.807, 2.05) is 33.7 Å². The van der Waals surface area contributed by atoms with E-state index < -0.39 is 0 Å². The number of aryl methyl sites for hydroxylation is 1. The molecule has 1 aromatic carbocycles. The summed E-state index contributed by atoms with van der Waals surface area (Å²) in [5.74, 6) is 0.192. The van der Waals surface area contributed by atoms with Crippen LogP contribution in [0.4, 0.5) is 0 Å². The first-order valence-electron chi connectivity index (χ1n) is 8.37. The summed E-state index contributed by atoms with van der Waals surface area (Å²) in [6, 6.07) is 7.76. The Morgan fingerprint density at radius 2 is 1.55 bits per heavy atom. The summed E-state index contributed by atoms with van der Waals surface area (Å²) in [4.78, 5) is 11.3. The molecule has 0 spiro atoms. The Hall–Kier alpha value is -0.920. The highest BCUT2D eigenvalue weighted by Crippen LogP contribution is 2.15. The van der Waals surface area contributed by atoms with Gasteiger partial charge in [0.05, 0.1) is 0 Å². The van der Waals surface area contributed by atoms with E-state index in [0.717, 1.165) is 6.42 Å². The number of hydrogen-bond donors (Lipinski definition) is 0. The van der Waals surface area contributed by atoms with Gasteiger partial charge in [-0.3, -0.25) is 0 Å². The van der Waals surface area contributed by atoms with E-state index >= 15 is 0 Å². The lowest BCUT2D eigenvalue weighted by atomic mass is 10.0. The molecule has 124 valence electrons. The fourth-order valence-corrected chi connectivity index (χ4v) is 2.55. The van der Waals surface area contributed by atoms with Crippen molar-refractivity contribution in [3.8, 4) is 5.75 Å². The second kappa shape index (κ2) is 12.6. The highest BCUT2D eigenvalue weighted by atomic mass is 31.0. The third kappa shape index (κ3) is 9.17. The number of esters is 1. The van der Waals surface area contributed by atoms with Crippen molar-refractivity contribution in [2.24, 2.45) is 0 Å². The second-order valence-electron chi connectivity index (χ2n) is 5.65. The molecule has 1 rings (SSSR count). The molecule has 3 nitrogen and oxygen atoms in total. The summed E-state index contributed by atoms with van der Waals surface area (Å²) in [6.07, 6.45) is 11.8. The van der Waals surface area contributed by atoms with Gasteiger partial charge in [-0.05, 0) is 30.5 Å². The smallest absolute Gasteiger partial charge is 0.337 e. The van der Waals surface area contributed by atoms with E-state index in [1.165, 1.54) is 56.9 Å². The molecule has 0 aliphatic carbocycles. The minimum absolute atomic E-state index is 0.0509. The van der Waals surface area contributed by atoms with Crippen molar-refractivity contribution in [3.05, 3.63) is 29.8 Å². The van der Waals surface area contributed by atoms with E-state index in [9.17, 15) is 4.79 Å². The molecular formula is C18H29O3P. The molecule has 1 unspecified atom stereocenters. The Morgan fingerprint density at radius 3 is 2.14 bits per heavy atom. The highest BCUT2D eigenvalue weighted by Gasteiger charge is 2.03. The van der Waals surface area contributed by atoms with Crippen LogP contribution in [0.3, 0.4) is 0 Å². The van der Waals surface area contributed by atoms with Gasteiger partial charge in [-0.15, -0.1) is 0 Å². The van der Waals surface area contributed by atoms with Gasteiger partial charge < -0.3 is 9.26 Å². The quantitative estimate of drug-likeness (QED) is 0.233. The minimum atomic E-state index is -0.383. The average molecular weight is 324 g/mol. The Morgan fingerprint density at radius 1 is 0.955 bits per heavy atom. The monoisotopic (exact) mass is 324 g/mol. The van der Waals surface area contributed by atoms with Crippen molar-refractivity contribution < 1.29 is 14.1 Å². The van der Waals surface area contributed by atoms with Gasteiger partial charge in [-0.25, -0.2) is 4.79 Å². The van der Waals surface area contributed by atoms with Crippen LogP contribution in [0.5, 0.6) is 5.75 Å². The van der Waals surface area contributed by atoms with Crippen LogP contribution in [-0.4, -0.2) is 12.6 Å². The van der Waals surface area contributed by atoms with Gasteiger partial charge in [0.2, 0.25) is 0 Å². The zero-order chi connectivity index (χ0) is 16.0. The second-order valence-corrected chi connectivity index (χ2v) is 5.99. The molecular weight excluding hydrogens is 295 g/mol. The molecule has 0 aliphatic rings. The number of rotatable bonds is 12. The first-order chi connectivity index (χ1) is 10.8. The van der Waals surface area contributed by atoms with Crippen molar-refractivity contribution >= 4 is 15.4 Å². The van der Waals surface area contributed by atoms with Crippen LogP contribution >= 0.6 is 9.47 Å². The standard InChI is InChI=1S/C18H29O3P/c1-2-3-4-5-6-7-8-9-10-16-11-13-17(14-12-16)21-18(19)15-20-22/h11-14H,2-10,15,22H2,1H3. The number of benzene rings is 1. The molecule has 1 aromatic rings. The molecule has 4 heteroatoms. The van der Waals surface area contributed by atoms with Crippen molar-refractivity contribution in [1.29, 1.82) is 0 Å². The summed E-state index contributed by atoms with van der Waals surface area (Å²) in [5, 5.41) is 0. The molecule has 1 atom stereocenters. The molecule has 0 fully saturated rings. The molecule has 0 saturated heterocycles. The van der Waals surface area contributed by atoms with Crippen molar-refractivity contribution in [3.63, 3.8) is 0 Å². The molecule has 0 saturated carbocycles. The molecule has 0 bridgehead atoms. The van der Waals surface area contributed by atoms with Crippen LogP contribution in [0.2, 0.25) is 0 Å². The van der Waals surface area contributed by atoms with E-state index in [4.69, 9.17) is 4.74 Å². The van der Waals surface area contributed by atoms with Gasteiger partial charge in [-0.2, -0.15) is 0 Å². The topological polar surface area (TPSA) is 35.5 Å². The predicted molar refractivity (Wildman–Crippen MR) is 94.1 cm³/mol. The minimum Gasteiger partial charge on any atom is -0.425 e. The summed E-state index contributed by atoms with van der Waals surface area (Å²) < 4.78 is 9.77. The molecule has 0 amide bonds. The molecule has 0 aliphatic heterocycles. The Labute approximate surface area is 137 Å². The maximum absolute atomic E-state index is 11.3. The van der Waals surface area contributed by atoms with Crippen LogP contribution in [0.15, 0.2) is 24.3 Å². The first kappa shape index (κ1) is 19.1. The van der Waals surface area contributed by atoms with Gasteiger partial charge in [0.1, 0.15) is 12.4 Å². The first-order valence-corrected chi connectivity index (χ1v) is 8.84. The number of ether oxygens (including phenoxy) is 1. The van der Waals surface area contributed by atoms with E-state index in [2.05, 4.69) is 11.4 Å². The zero-order valence-corrected chi connectivity index (χ0v) is 14.8. The molecule has 0 radical (unpaired) electrons. The Kier molecular flexibility index (Phi) is 11.0. The van der Waals surface area contributed by atoms with E-state index in [-0.39, 0.29) is 12.6 Å². The summed E-state index contributed by atoms with van der Waals surface area (Å²) in [7, 11) is 2.04. The van der Waals surface area contributed by atoms with Crippen molar-refractivity contribution in [2.75, 3.05) is 6.61 Å². The zero-order valence-electron chi connectivity index (χ0n) is 13.7. The lowest BCUT2D eigenvalue weighted by Crippen LogP contribution is -2.12. The lowest BCUT2D eigenvalue weighted by Gasteiger charge is -2.05. The fraction of sp³-hybridized carbons (Fsp3) is 0.611. The SMILES string of the molecule is CCCCCCCCCCc1ccc(OC(=O)COP)cc1. The van der Waals surface area contributed by atoms with Crippen LogP contribution in [0, 0.1) is 0 Å². The average Bonchev–Trinajstić information content (AvgIpc) is 2.52. The number of carbonyl (C=O) groups is 1. The van der Waals surface area contributed by atoms with Gasteiger partial charge in [0.25, 0.3) is 0 Å². The predicted octanol–water partition coefficient (Wildman–Crippen LogP) is 5.08. The number of hydrogen-bond acceptors (Lipinski definition) is 3. The fourth-order valence-electron chi connectivity index (χ4n) is 2.42. The maximum atomic E-state index is 11.3. The molecule has 0 heterocycles. The normalized spacial score (nSPS) is 10.6. The number of carbonyl (C=O) groups excluding carboxylic acids is 1. The number of unbranched alkanes of at least 4 members (excludes halogenated alkanes) is 7. The summed E-state index contributed by atoms with van der Waals surface area (Å²) in [6.45, 7) is 2.20. The van der Waals surface area contributed by atoms with E-state index in [0.29, 0.717) is 5.75 Å². The van der Waals surface area contributed by atoms with Crippen molar-refractivity contribution in [2.45, 2.75) is 64.7 Å². The Bertz CT molecular complexity index is 403. The van der Waals surface area contributed by atoms with Crippen LogP contribution < -0.4 is 4.74 Å². The van der Waals surface area contributed by atoms with Crippen LogP contribution in [0.25, 0.3) is 0 Å². The third-order valence-electron chi connectivity index (χ3n) is 3.68. The molecule has 22 heavy (non-hydrogen) atoms. The molecule has 0 aromatic heterocycles. The van der Waals surface area contributed by atoms with E-state index in [1.54, 1.807) is 0 Å². The van der Waals surface area contributed by atoms with Gasteiger partial charge in [-0.1, -0.05) is 64.0 Å². The largest absolute Gasteiger partial charge is 0.425 e. The van der Waals surface area contributed by atoms with Crippen LogP contribution in [-0.2, 0) is 15.7 Å². The molecule has 0 N–H and O–H groups in total. The maximum Gasteiger partial charge on any atom is 0.337 e. The summed E-state index contributed by atoms with van der Waals surface area (Å²) >= 11 is 0.